The number of hydrogen-bond donors (Lipinski definition) is 4. The summed E-state index contributed by atoms with van der Waals surface area (Å²) in [6, 6.07) is 5.01. The van der Waals surface area contributed by atoms with Gasteiger partial charge in [0, 0.05) is 18.3 Å². The average molecular weight is 347 g/mol. The van der Waals surface area contributed by atoms with Crippen molar-refractivity contribution in [2.45, 2.75) is 58.4 Å². The van der Waals surface area contributed by atoms with Crippen molar-refractivity contribution in [1.29, 1.82) is 0 Å². The topological polar surface area (TPSA) is 90.5 Å². The molecule has 1 aliphatic rings. The fourth-order valence-corrected chi connectivity index (χ4v) is 3.46. The van der Waals surface area contributed by atoms with Gasteiger partial charge in [0.05, 0.1) is 12.1 Å². The number of carbonyl (C=O) groups is 2. The predicted molar refractivity (Wildman–Crippen MR) is 99.7 cm³/mol. The third-order valence-corrected chi connectivity index (χ3v) is 5.04. The molecule has 0 aromatic heterocycles. The minimum absolute atomic E-state index is 0.0872. The van der Waals surface area contributed by atoms with Crippen LogP contribution in [0.2, 0.25) is 0 Å². The van der Waals surface area contributed by atoms with Gasteiger partial charge in [-0.3, -0.25) is 4.79 Å². The smallest absolute Gasteiger partial charge is 0.319 e. The molecule has 6 heteroatoms. The summed E-state index contributed by atoms with van der Waals surface area (Å²) in [5, 5.41) is 18.3. The van der Waals surface area contributed by atoms with Gasteiger partial charge < -0.3 is 21.1 Å². The van der Waals surface area contributed by atoms with Gasteiger partial charge in [-0.15, -0.1) is 0 Å². The predicted octanol–water partition coefficient (Wildman–Crippen LogP) is 3.41. The van der Waals surface area contributed by atoms with Crippen LogP contribution in [0.1, 0.15) is 51.5 Å². The SMILES string of the molecule is CC(=O)Nc1cc(NC(=O)NC(C)(CO)C2CCCCC2)ccc1C. The third-order valence-electron chi connectivity index (χ3n) is 5.04. The second-order valence-electron chi connectivity index (χ2n) is 7.20. The highest BCUT2D eigenvalue weighted by Crippen LogP contribution is 2.32. The van der Waals surface area contributed by atoms with Crippen molar-refractivity contribution < 1.29 is 14.7 Å². The highest BCUT2D eigenvalue weighted by molar-refractivity contribution is 5.93. The van der Waals surface area contributed by atoms with E-state index in [2.05, 4.69) is 16.0 Å². The molecular weight excluding hydrogens is 318 g/mol. The molecule has 1 fully saturated rings. The Morgan fingerprint density at radius 3 is 2.48 bits per heavy atom. The van der Waals surface area contributed by atoms with Crippen LogP contribution in [0.25, 0.3) is 0 Å². The molecule has 2 rings (SSSR count). The Labute approximate surface area is 149 Å². The maximum atomic E-state index is 12.4. The van der Waals surface area contributed by atoms with Gasteiger partial charge >= 0.3 is 6.03 Å². The Morgan fingerprint density at radius 1 is 1.20 bits per heavy atom. The first kappa shape index (κ1) is 19.2. The van der Waals surface area contributed by atoms with E-state index < -0.39 is 5.54 Å². The standard InChI is InChI=1S/C19H29N3O3/c1-13-9-10-16(11-17(13)20-14(2)24)21-18(25)22-19(3,12-23)15-7-5-4-6-8-15/h9-11,15,23H,4-8,12H2,1-3H3,(H,20,24)(H2,21,22,25). The highest BCUT2D eigenvalue weighted by atomic mass is 16.3. The van der Waals surface area contributed by atoms with Gasteiger partial charge in [0.1, 0.15) is 0 Å². The average Bonchev–Trinajstić information content (AvgIpc) is 2.58. The summed E-state index contributed by atoms with van der Waals surface area (Å²) in [6.45, 7) is 5.15. The monoisotopic (exact) mass is 347 g/mol. The molecular formula is C19H29N3O3. The molecule has 4 N–H and O–H groups in total. The maximum absolute atomic E-state index is 12.4. The minimum Gasteiger partial charge on any atom is -0.394 e. The van der Waals surface area contributed by atoms with E-state index in [4.69, 9.17) is 0 Å². The first-order chi connectivity index (χ1) is 11.8. The first-order valence-electron chi connectivity index (χ1n) is 8.92. The number of benzene rings is 1. The lowest BCUT2D eigenvalue weighted by molar-refractivity contribution is -0.114. The van der Waals surface area contributed by atoms with E-state index in [0.717, 1.165) is 31.2 Å². The van der Waals surface area contributed by atoms with Gasteiger partial charge in [0.15, 0.2) is 0 Å². The Kier molecular flexibility index (Phi) is 6.42. The summed E-state index contributed by atoms with van der Waals surface area (Å²) >= 11 is 0. The Hall–Kier alpha value is -2.08. The van der Waals surface area contributed by atoms with Crippen LogP contribution in [0.5, 0.6) is 0 Å². The van der Waals surface area contributed by atoms with Crippen molar-refractivity contribution in [3.63, 3.8) is 0 Å². The van der Waals surface area contributed by atoms with E-state index in [1.807, 2.05) is 19.9 Å². The van der Waals surface area contributed by atoms with Crippen LogP contribution in [-0.2, 0) is 4.79 Å². The van der Waals surface area contributed by atoms with E-state index in [-0.39, 0.29) is 24.5 Å². The number of aliphatic hydroxyl groups excluding tert-OH is 1. The minimum atomic E-state index is -0.629. The van der Waals surface area contributed by atoms with Crippen LogP contribution < -0.4 is 16.0 Å². The van der Waals surface area contributed by atoms with Crippen molar-refractivity contribution >= 4 is 23.3 Å². The Bertz CT molecular complexity index is 626. The summed E-state index contributed by atoms with van der Waals surface area (Å²) in [7, 11) is 0. The fourth-order valence-electron chi connectivity index (χ4n) is 3.46. The number of amides is 3. The zero-order valence-electron chi connectivity index (χ0n) is 15.3. The lowest BCUT2D eigenvalue weighted by Crippen LogP contribution is -2.55. The molecule has 0 radical (unpaired) electrons. The van der Waals surface area contributed by atoms with Gasteiger partial charge in [-0.1, -0.05) is 25.3 Å². The number of rotatable bonds is 5. The van der Waals surface area contributed by atoms with E-state index >= 15 is 0 Å². The van der Waals surface area contributed by atoms with Gasteiger partial charge in [0.25, 0.3) is 0 Å². The van der Waals surface area contributed by atoms with Crippen LogP contribution in [0.4, 0.5) is 16.2 Å². The normalized spacial score (nSPS) is 17.4. The summed E-state index contributed by atoms with van der Waals surface area (Å²) in [5.74, 6) is 0.125. The van der Waals surface area contributed by atoms with E-state index in [1.165, 1.54) is 13.3 Å². The van der Waals surface area contributed by atoms with Gasteiger partial charge in [-0.2, -0.15) is 0 Å². The summed E-state index contributed by atoms with van der Waals surface area (Å²) in [5.41, 5.74) is 1.55. The summed E-state index contributed by atoms with van der Waals surface area (Å²) < 4.78 is 0. The van der Waals surface area contributed by atoms with Crippen molar-refractivity contribution in [2.75, 3.05) is 17.2 Å². The van der Waals surface area contributed by atoms with E-state index in [1.54, 1.807) is 12.1 Å². The van der Waals surface area contributed by atoms with Gasteiger partial charge in [0.2, 0.25) is 5.91 Å². The van der Waals surface area contributed by atoms with Crippen molar-refractivity contribution in [2.24, 2.45) is 5.92 Å². The molecule has 1 aliphatic carbocycles. The molecule has 25 heavy (non-hydrogen) atoms. The molecule has 0 bridgehead atoms. The second-order valence-corrected chi connectivity index (χ2v) is 7.20. The Morgan fingerprint density at radius 2 is 1.88 bits per heavy atom. The third kappa shape index (κ3) is 5.19. The van der Waals surface area contributed by atoms with Crippen molar-refractivity contribution in [1.82, 2.24) is 5.32 Å². The summed E-state index contributed by atoms with van der Waals surface area (Å²) in [4.78, 5) is 23.7. The molecule has 0 heterocycles. The van der Waals surface area contributed by atoms with Crippen LogP contribution >= 0.6 is 0 Å². The van der Waals surface area contributed by atoms with E-state index in [0.29, 0.717) is 11.4 Å². The molecule has 3 amide bonds. The number of nitrogens with one attached hydrogen (secondary N) is 3. The van der Waals surface area contributed by atoms with Gasteiger partial charge in [-0.05, 0) is 50.3 Å². The Balaban J connectivity index is 2.04. The summed E-state index contributed by atoms with van der Waals surface area (Å²) in [6.07, 6.45) is 5.55. The lowest BCUT2D eigenvalue weighted by Gasteiger charge is -2.39. The van der Waals surface area contributed by atoms with Crippen LogP contribution in [0.15, 0.2) is 18.2 Å². The molecule has 1 aromatic rings. The van der Waals surface area contributed by atoms with Crippen molar-refractivity contribution in [3.8, 4) is 0 Å². The molecule has 1 atom stereocenters. The van der Waals surface area contributed by atoms with Crippen LogP contribution in [0.3, 0.4) is 0 Å². The second kappa shape index (κ2) is 8.34. The zero-order valence-corrected chi connectivity index (χ0v) is 15.3. The molecule has 138 valence electrons. The number of hydrogen-bond acceptors (Lipinski definition) is 3. The number of aryl methyl sites for hydroxylation is 1. The fraction of sp³-hybridized carbons (Fsp3) is 0.579. The molecule has 0 spiro atoms. The highest BCUT2D eigenvalue weighted by Gasteiger charge is 2.35. The molecule has 0 saturated heterocycles. The molecule has 0 aliphatic heterocycles. The number of urea groups is 1. The largest absolute Gasteiger partial charge is 0.394 e. The zero-order chi connectivity index (χ0) is 18.4. The van der Waals surface area contributed by atoms with Crippen LogP contribution in [-0.4, -0.2) is 29.2 Å². The molecule has 1 saturated carbocycles. The number of anilines is 2. The molecule has 1 unspecified atom stereocenters. The molecule has 1 aromatic carbocycles. The van der Waals surface area contributed by atoms with Gasteiger partial charge in [-0.25, -0.2) is 4.79 Å². The number of carbonyl (C=O) groups excluding carboxylic acids is 2. The maximum Gasteiger partial charge on any atom is 0.319 e. The first-order valence-corrected chi connectivity index (χ1v) is 8.92. The quantitative estimate of drug-likeness (QED) is 0.658. The number of aliphatic hydroxyl groups is 1. The van der Waals surface area contributed by atoms with Crippen molar-refractivity contribution in [3.05, 3.63) is 23.8 Å². The van der Waals surface area contributed by atoms with E-state index in [9.17, 15) is 14.7 Å². The molecule has 6 nitrogen and oxygen atoms in total. The lowest BCUT2D eigenvalue weighted by atomic mass is 9.76. The van der Waals surface area contributed by atoms with Crippen LogP contribution in [0, 0.1) is 12.8 Å².